The van der Waals surface area contributed by atoms with Crippen LogP contribution in [0.25, 0.3) is 0 Å². The molecule has 3 rings (SSSR count). The molecule has 8 nitrogen and oxygen atoms in total. The molecule has 0 saturated carbocycles. The van der Waals surface area contributed by atoms with Gasteiger partial charge in [-0.3, -0.25) is 14.1 Å². The van der Waals surface area contributed by atoms with Crippen LogP contribution in [-0.2, 0) is 26.8 Å². The zero-order chi connectivity index (χ0) is 27.2. The van der Waals surface area contributed by atoms with E-state index in [1.807, 2.05) is 43.3 Å². The Hall–Kier alpha value is -3.43. The largest absolute Gasteiger partial charge is 0.395 e. The molecule has 0 bridgehead atoms. The molecule has 0 radical (unpaired) electrons. The van der Waals surface area contributed by atoms with E-state index in [0.29, 0.717) is 5.69 Å². The molecule has 2 aromatic carbocycles. The highest BCUT2D eigenvalue weighted by Gasteiger charge is 2.30. The number of pyridine rings is 1. The van der Waals surface area contributed by atoms with Gasteiger partial charge >= 0.3 is 0 Å². The first kappa shape index (κ1) is 28.1. The number of carbonyl (C=O) groups excluding carboxylic acids is 1. The van der Waals surface area contributed by atoms with E-state index >= 15 is 0 Å². The summed E-state index contributed by atoms with van der Waals surface area (Å²) in [6.45, 7) is 5.80. The first-order valence-electron chi connectivity index (χ1n) is 12.1. The molecule has 0 aliphatic heterocycles. The number of aromatic nitrogens is 1. The minimum atomic E-state index is -4.08. The van der Waals surface area contributed by atoms with Crippen LogP contribution in [-0.4, -0.2) is 63.1 Å². The van der Waals surface area contributed by atoms with Gasteiger partial charge < -0.3 is 14.9 Å². The van der Waals surface area contributed by atoms with Crippen molar-refractivity contribution in [3.05, 3.63) is 84.2 Å². The number of nitrogens with zero attached hydrogens (tertiary/aromatic N) is 4. The summed E-state index contributed by atoms with van der Waals surface area (Å²) in [7, 11) is -0.350. The number of amides is 1. The van der Waals surface area contributed by atoms with Gasteiger partial charge in [-0.1, -0.05) is 45.0 Å². The maximum atomic E-state index is 13.9. The molecule has 1 heterocycles. The summed E-state index contributed by atoms with van der Waals surface area (Å²) in [5.41, 5.74) is 2.84. The van der Waals surface area contributed by atoms with Crippen molar-refractivity contribution in [2.75, 3.05) is 43.0 Å². The van der Waals surface area contributed by atoms with Crippen LogP contribution < -0.4 is 9.21 Å². The Morgan fingerprint density at radius 3 is 2.22 bits per heavy atom. The maximum absolute atomic E-state index is 13.9. The van der Waals surface area contributed by atoms with E-state index in [2.05, 4.69) is 25.8 Å². The number of benzene rings is 2. The number of hydrogen-bond acceptors (Lipinski definition) is 6. The Balaban J connectivity index is 2.01. The topological polar surface area (TPSA) is 94.0 Å². The molecule has 3 aromatic rings. The number of aliphatic hydroxyl groups is 1. The number of sulfonamides is 1. The van der Waals surface area contributed by atoms with Gasteiger partial charge in [0.05, 0.1) is 17.2 Å². The average molecular weight is 525 g/mol. The predicted octanol–water partition coefficient (Wildman–Crippen LogP) is 3.66. The smallest absolute Gasteiger partial charge is 0.264 e. The molecule has 0 atom stereocenters. The van der Waals surface area contributed by atoms with E-state index in [-0.39, 0.29) is 30.0 Å². The fourth-order valence-electron chi connectivity index (χ4n) is 3.84. The molecule has 1 aromatic heterocycles. The molecule has 0 fully saturated rings. The molecule has 1 N–H and O–H groups in total. The molecule has 37 heavy (non-hydrogen) atoms. The number of rotatable bonds is 10. The molecule has 198 valence electrons. The zero-order valence-corrected chi connectivity index (χ0v) is 22.9. The second kappa shape index (κ2) is 11.7. The molecular formula is C28H36N4O4S. The van der Waals surface area contributed by atoms with Gasteiger partial charge in [0.15, 0.2) is 0 Å². The Morgan fingerprint density at radius 1 is 0.973 bits per heavy atom. The van der Waals surface area contributed by atoms with Gasteiger partial charge in [-0.05, 0) is 52.9 Å². The van der Waals surface area contributed by atoms with Crippen LogP contribution in [0.15, 0.2) is 78.0 Å². The predicted molar refractivity (Wildman–Crippen MR) is 147 cm³/mol. The van der Waals surface area contributed by atoms with Crippen molar-refractivity contribution in [1.82, 2.24) is 9.88 Å². The van der Waals surface area contributed by atoms with Gasteiger partial charge in [-0.2, -0.15) is 0 Å². The van der Waals surface area contributed by atoms with Crippen molar-refractivity contribution in [3.63, 3.8) is 0 Å². The van der Waals surface area contributed by atoms with Gasteiger partial charge in [0.1, 0.15) is 6.54 Å². The lowest BCUT2D eigenvalue weighted by Gasteiger charge is -2.29. The fourth-order valence-corrected chi connectivity index (χ4v) is 5.25. The monoisotopic (exact) mass is 524 g/mol. The van der Waals surface area contributed by atoms with E-state index in [4.69, 9.17) is 0 Å². The molecule has 0 aliphatic rings. The average Bonchev–Trinajstić information content (AvgIpc) is 2.87. The van der Waals surface area contributed by atoms with Crippen LogP contribution in [0.2, 0.25) is 0 Å². The van der Waals surface area contributed by atoms with Crippen molar-refractivity contribution in [2.45, 2.75) is 37.6 Å². The maximum Gasteiger partial charge on any atom is 0.264 e. The highest BCUT2D eigenvalue weighted by atomic mass is 32.2. The van der Waals surface area contributed by atoms with E-state index < -0.39 is 22.5 Å². The Bertz CT molecular complexity index is 1290. The molecule has 0 aliphatic carbocycles. The van der Waals surface area contributed by atoms with Gasteiger partial charge in [0.25, 0.3) is 10.0 Å². The molecule has 1 amide bonds. The quantitative estimate of drug-likeness (QED) is 0.435. The second-order valence-corrected chi connectivity index (χ2v) is 12.0. The van der Waals surface area contributed by atoms with Crippen molar-refractivity contribution < 1.29 is 18.3 Å². The summed E-state index contributed by atoms with van der Waals surface area (Å²) in [5, 5.41) is 9.59. The standard InChI is InChI=1S/C28H36N4O4S/c1-28(2,3)23-11-13-26(14-12-23)37(35,36)32(25-10-6-9-24(18-25)30(4)5)21-27(34)31(16-17-33)20-22-8-7-15-29-19-22/h6-15,18-19,33H,16-17,20-21H2,1-5H3. The molecular weight excluding hydrogens is 488 g/mol. The number of carbonyl (C=O) groups is 1. The summed E-state index contributed by atoms with van der Waals surface area (Å²) in [6.07, 6.45) is 3.28. The summed E-state index contributed by atoms with van der Waals surface area (Å²) >= 11 is 0. The number of hydrogen-bond donors (Lipinski definition) is 1. The first-order valence-corrected chi connectivity index (χ1v) is 13.6. The van der Waals surface area contributed by atoms with Crippen LogP contribution in [0.1, 0.15) is 31.9 Å². The summed E-state index contributed by atoms with van der Waals surface area (Å²) in [5.74, 6) is -0.428. The molecule has 9 heteroatoms. The van der Waals surface area contributed by atoms with Crippen molar-refractivity contribution in [3.8, 4) is 0 Å². The number of aliphatic hydroxyl groups excluding tert-OH is 1. The van der Waals surface area contributed by atoms with Gasteiger partial charge in [-0.25, -0.2) is 8.42 Å². The number of anilines is 2. The van der Waals surface area contributed by atoms with Crippen LogP contribution in [0, 0.1) is 0 Å². The lowest BCUT2D eigenvalue weighted by atomic mass is 9.87. The lowest BCUT2D eigenvalue weighted by Crippen LogP contribution is -2.43. The first-order chi connectivity index (χ1) is 17.4. The van der Waals surface area contributed by atoms with Crippen molar-refractivity contribution in [2.24, 2.45) is 0 Å². The van der Waals surface area contributed by atoms with E-state index in [1.165, 1.54) is 4.90 Å². The van der Waals surface area contributed by atoms with Crippen LogP contribution >= 0.6 is 0 Å². The molecule has 0 unspecified atom stereocenters. The minimum Gasteiger partial charge on any atom is -0.395 e. The third-order valence-corrected chi connectivity index (χ3v) is 7.83. The Labute approximate surface area is 220 Å². The van der Waals surface area contributed by atoms with Crippen molar-refractivity contribution >= 4 is 27.3 Å². The normalized spacial score (nSPS) is 11.7. The lowest BCUT2D eigenvalue weighted by molar-refractivity contribution is -0.130. The van der Waals surface area contributed by atoms with E-state index in [1.54, 1.807) is 48.8 Å². The van der Waals surface area contributed by atoms with Gasteiger partial charge in [0.2, 0.25) is 5.91 Å². The SMILES string of the molecule is CN(C)c1cccc(N(CC(=O)N(CCO)Cc2cccnc2)S(=O)(=O)c2ccc(C(C)(C)C)cc2)c1. The van der Waals surface area contributed by atoms with Crippen LogP contribution in [0.3, 0.4) is 0 Å². The second-order valence-electron chi connectivity index (χ2n) is 10.1. The fraction of sp³-hybridized carbons (Fsp3) is 0.357. The zero-order valence-electron chi connectivity index (χ0n) is 22.1. The van der Waals surface area contributed by atoms with Gasteiger partial charge in [0, 0.05) is 45.3 Å². The highest BCUT2D eigenvalue weighted by Crippen LogP contribution is 2.29. The summed E-state index contributed by atoms with van der Waals surface area (Å²) in [6, 6.07) is 17.4. The molecule has 0 spiro atoms. The van der Waals surface area contributed by atoms with Gasteiger partial charge in [-0.15, -0.1) is 0 Å². The summed E-state index contributed by atoms with van der Waals surface area (Å²) in [4.78, 5) is 21.0. The molecule has 0 saturated heterocycles. The third kappa shape index (κ3) is 7.08. The van der Waals surface area contributed by atoms with E-state index in [9.17, 15) is 18.3 Å². The Morgan fingerprint density at radius 2 is 1.65 bits per heavy atom. The summed E-state index contributed by atoms with van der Waals surface area (Å²) < 4.78 is 29.0. The van der Waals surface area contributed by atoms with Crippen LogP contribution in [0.5, 0.6) is 0 Å². The highest BCUT2D eigenvalue weighted by molar-refractivity contribution is 7.92. The minimum absolute atomic E-state index is 0.0691. The van der Waals surface area contributed by atoms with Crippen LogP contribution in [0.4, 0.5) is 11.4 Å². The Kier molecular flexibility index (Phi) is 8.94. The third-order valence-electron chi connectivity index (χ3n) is 6.04. The van der Waals surface area contributed by atoms with Crippen molar-refractivity contribution in [1.29, 1.82) is 0 Å². The van der Waals surface area contributed by atoms with E-state index in [0.717, 1.165) is 21.1 Å².